The van der Waals surface area contributed by atoms with Crippen molar-refractivity contribution in [3.8, 4) is 0 Å². The first-order valence-electron chi connectivity index (χ1n) is 7.38. The van der Waals surface area contributed by atoms with Gasteiger partial charge in [0, 0.05) is 19.3 Å². The highest BCUT2D eigenvalue weighted by Crippen LogP contribution is 2.52. The zero-order valence-corrected chi connectivity index (χ0v) is 17.0. The molecule has 0 aromatic rings. The molecule has 1 fully saturated rings. The van der Waals surface area contributed by atoms with Gasteiger partial charge in [0.2, 0.25) is 0 Å². The first-order valence-corrected chi connectivity index (χ1v) is 9.98. The van der Waals surface area contributed by atoms with Crippen molar-refractivity contribution in [1.29, 1.82) is 0 Å². The molecule has 24 heavy (non-hydrogen) atoms. The van der Waals surface area contributed by atoms with Crippen LogP contribution in [0.2, 0.25) is 0 Å². The molecule has 4 N–H and O–H groups in total. The molecule has 0 bridgehead atoms. The Balaban J connectivity index is 0.00000529. The third-order valence-corrected chi connectivity index (χ3v) is 6.47. The van der Waals surface area contributed by atoms with Gasteiger partial charge in [0.1, 0.15) is 0 Å². The predicted molar refractivity (Wildman–Crippen MR) is 85.9 cm³/mol. The van der Waals surface area contributed by atoms with Crippen molar-refractivity contribution in [2.24, 2.45) is 5.92 Å². The summed E-state index contributed by atoms with van der Waals surface area (Å²) < 4.78 is 12.0. The standard InChI is InChI=1S/C13H24NO7PS.BrH/c1-10(15)23-7-6-14(2)5-3-4-11(9-14)8-13(18,12(16)17)22(19,20)21;/h11,18H,3-9H2,1-2H3,(H2-,16,17,19,20,21);1H. The second kappa shape index (κ2) is 9.12. The lowest BCUT2D eigenvalue weighted by Crippen LogP contribution is -3.00. The van der Waals surface area contributed by atoms with Crippen LogP contribution in [-0.2, 0) is 14.2 Å². The van der Waals surface area contributed by atoms with Crippen molar-refractivity contribution in [1.82, 2.24) is 0 Å². The molecular formula is C13H25BrNO7PS. The van der Waals surface area contributed by atoms with Crippen LogP contribution < -0.4 is 17.0 Å². The largest absolute Gasteiger partial charge is 1.00 e. The minimum absolute atomic E-state index is 0. The van der Waals surface area contributed by atoms with Crippen LogP contribution in [-0.4, -0.2) is 73.3 Å². The summed E-state index contributed by atoms with van der Waals surface area (Å²) >= 11 is 1.22. The van der Waals surface area contributed by atoms with Crippen molar-refractivity contribution in [3.05, 3.63) is 0 Å². The number of carboxylic acids is 1. The van der Waals surface area contributed by atoms with Gasteiger partial charge in [-0.1, -0.05) is 11.8 Å². The van der Waals surface area contributed by atoms with Crippen molar-refractivity contribution in [2.45, 2.75) is 31.5 Å². The van der Waals surface area contributed by atoms with Crippen LogP contribution in [0.15, 0.2) is 0 Å². The molecule has 0 amide bonds. The molecule has 1 aliphatic rings. The number of nitrogens with zero attached hydrogens (tertiary/aromatic N) is 1. The van der Waals surface area contributed by atoms with Gasteiger partial charge in [-0.3, -0.25) is 9.36 Å². The second-order valence-electron chi connectivity index (χ2n) is 6.47. The van der Waals surface area contributed by atoms with E-state index in [0.717, 1.165) is 13.0 Å². The lowest BCUT2D eigenvalue weighted by molar-refractivity contribution is -0.915. The quantitative estimate of drug-likeness (QED) is 0.247. The van der Waals surface area contributed by atoms with Crippen LogP contribution in [0.4, 0.5) is 0 Å². The summed E-state index contributed by atoms with van der Waals surface area (Å²) in [5, 5.41) is 16.0. The van der Waals surface area contributed by atoms with Gasteiger partial charge in [-0.15, -0.1) is 0 Å². The van der Waals surface area contributed by atoms with Gasteiger partial charge in [-0.2, -0.15) is 0 Å². The Morgan fingerprint density at radius 3 is 2.42 bits per heavy atom. The molecule has 1 heterocycles. The molecular weight excluding hydrogens is 425 g/mol. The molecule has 0 aromatic carbocycles. The maximum absolute atomic E-state index is 11.4. The summed E-state index contributed by atoms with van der Waals surface area (Å²) in [7, 11) is -3.21. The molecule has 3 unspecified atom stereocenters. The van der Waals surface area contributed by atoms with Crippen molar-refractivity contribution >= 4 is 30.4 Å². The first kappa shape index (κ1) is 24.0. The molecule has 0 aliphatic carbocycles. The van der Waals surface area contributed by atoms with E-state index in [1.165, 1.54) is 18.7 Å². The van der Waals surface area contributed by atoms with E-state index in [1.807, 2.05) is 7.05 Å². The minimum atomic E-state index is -5.19. The number of aliphatic carboxylic acids is 1. The van der Waals surface area contributed by atoms with Crippen molar-refractivity contribution in [3.63, 3.8) is 0 Å². The van der Waals surface area contributed by atoms with Gasteiger partial charge in [-0.05, 0) is 12.8 Å². The topological polar surface area (TPSA) is 132 Å². The van der Waals surface area contributed by atoms with Crippen molar-refractivity contribution < 1.29 is 55.6 Å². The van der Waals surface area contributed by atoms with Gasteiger partial charge in [0.15, 0.2) is 5.12 Å². The lowest BCUT2D eigenvalue weighted by Gasteiger charge is -2.42. The Bertz CT molecular complexity index is 517. The normalized spacial score (nSPS) is 27.0. The molecule has 0 radical (unpaired) electrons. The Morgan fingerprint density at radius 1 is 1.38 bits per heavy atom. The van der Waals surface area contributed by atoms with Crippen LogP contribution in [0.5, 0.6) is 0 Å². The summed E-state index contributed by atoms with van der Waals surface area (Å²) in [5.74, 6) is -1.55. The molecule has 1 aliphatic heterocycles. The molecule has 8 nitrogen and oxygen atoms in total. The molecule has 1 saturated heterocycles. The fraction of sp³-hybridized carbons (Fsp3) is 0.846. The molecule has 11 heteroatoms. The number of carbonyl (C=O) groups is 2. The predicted octanol–water partition coefficient (Wildman–Crippen LogP) is -2.53. The maximum atomic E-state index is 11.4. The average molecular weight is 450 g/mol. The van der Waals surface area contributed by atoms with E-state index in [9.17, 15) is 29.0 Å². The summed E-state index contributed by atoms with van der Waals surface area (Å²) in [4.78, 5) is 40.6. The highest BCUT2D eigenvalue weighted by molar-refractivity contribution is 8.13. The Kier molecular flexibility index (Phi) is 9.13. The SMILES string of the molecule is CC(=O)SCC[N+]1(C)CCCC(CC(O)(C(=O)O)P(=O)(O)O)C1.[Br-]. The summed E-state index contributed by atoms with van der Waals surface area (Å²) in [6.07, 6.45) is 0.923. The number of rotatable bonds is 7. The summed E-state index contributed by atoms with van der Waals surface area (Å²) in [6, 6.07) is 0. The maximum Gasteiger partial charge on any atom is 0.368 e. The average Bonchev–Trinajstić information content (AvgIpc) is 2.36. The third-order valence-electron chi connectivity index (χ3n) is 4.34. The summed E-state index contributed by atoms with van der Waals surface area (Å²) in [5.41, 5.74) is 0. The van der Waals surface area contributed by atoms with E-state index >= 15 is 0 Å². The van der Waals surface area contributed by atoms with Gasteiger partial charge in [0.25, 0.3) is 5.34 Å². The number of likely N-dealkylation sites (tertiary alicyclic amines) is 1. The van der Waals surface area contributed by atoms with Gasteiger partial charge < -0.3 is 41.5 Å². The fourth-order valence-electron chi connectivity index (χ4n) is 3.08. The van der Waals surface area contributed by atoms with E-state index in [4.69, 9.17) is 5.11 Å². The lowest BCUT2D eigenvalue weighted by atomic mass is 9.90. The number of hydrogen-bond donors (Lipinski definition) is 4. The third kappa shape index (κ3) is 6.40. The smallest absolute Gasteiger partial charge is 0.368 e. The number of piperidine rings is 1. The first-order chi connectivity index (χ1) is 10.4. The van der Waals surface area contributed by atoms with Crippen LogP contribution in [0.3, 0.4) is 0 Å². The second-order valence-corrected chi connectivity index (χ2v) is 9.57. The van der Waals surface area contributed by atoms with E-state index in [1.54, 1.807) is 0 Å². The number of aliphatic hydroxyl groups is 1. The number of thioether (sulfide) groups is 1. The van der Waals surface area contributed by atoms with Crippen LogP contribution in [0.25, 0.3) is 0 Å². The van der Waals surface area contributed by atoms with E-state index in [-0.39, 0.29) is 28.0 Å². The van der Waals surface area contributed by atoms with Gasteiger partial charge in [0.05, 0.1) is 32.4 Å². The molecule has 142 valence electrons. The zero-order chi connectivity index (χ0) is 17.9. The monoisotopic (exact) mass is 449 g/mol. The number of carbonyl (C=O) groups excluding carboxylic acids is 1. The van der Waals surface area contributed by atoms with E-state index in [2.05, 4.69) is 0 Å². The number of quaternary nitrogens is 1. The fourth-order valence-corrected chi connectivity index (χ4v) is 4.65. The number of halogens is 1. The minimum Gasteiger partial charge on any atom is -1.00 e. The van der Waals surface area contributed by atoms with E-state index in [0.29, 0.717) is 29.7 Å². The number of hydrogen-bond acceptors (Lipinski definition) is 5. The highest BCUT2D eigenvalue weighted by atomic mass is 79.9. The summed E-state index contributed by atoms with van der Waals surface area (Å²) in [6.45, 7) is 3.59. The Hall–Kier alpha value is 0.0400. The van der Waals surface area contributed by atoms with Crippen LogP contribution >= 0.6 is 19.4 Å². The Labute approximate surface area is 156 Å². The van der Waals surface area contributed by atoms with E-state index < -0.39 is 25.3 Å². The molecule has 0 spiro atoms. The highest BCUT2D eigenvalue weighted by Gasteiger charge is 2.54. The van der Waals surface area contributed by atoms with Crippen LogP contribution in [0.1, 0.15) is 26.2 Å². The van der Waals surface area contributed by atoms with Gasteiger partial charge >= 0.3 is 13.6 Å². The molecule has 0 aromatic heterocycles. The number of carboxylic acid groups (broad SMARTS) is 1. The van der Waals surface area contributed by atoms with Gasteiger partial charge in [-0.25, -0.2) is 4.79 Å². The van der Waals surface area contributed by atoms with Crippen LogP contribution in [0, 0.1) is 5.92 Å². The van der Waals surface area contributed by atoms with Crippen molar-refractivity contribution in [2.75, 3.05) is 32.4 Å². The molecule has 1 rings (SSSR count). The molecule has 3 atom stereocenters. The zero-order valence-electron chi connectivity index (χ0n) is 13.7. The molecule has 0 saturated carbocycles. The Morgan fingerprint density at radius 2 is 1.96 bits per heavy atom.